The number of carbonyl (C=O) groups excluding carboxylic acids is 1. The van der Waals surface area contributed by atoms with Crippen LogP contribution in [0.1, 0.15) is 22.6 Å². The van der Waals surface area contributed by atoms with Gasteiger partial charge in [-0.3, -0.25) is 4.79 Å². The third-order valence-electron chi connectivity index (χ3n) is 5.98. The van der Waals surface area contributed by atoms with Crippen LogP contribution in [-0.2, 0) is 27.7 Å². The minimum Gasteiger partial charge on any atom is -0.493 e. The van der Waals surface area contributed by atoms with E-state index in [4.69, 9.17) is 4.74 Å². The first-order valence-electron chi connectivity index (χ1n) is 10.8. The van der Waals surface area contributed by atoms with Crippen LogP contribution in [0.2, 0.25) is 0 Å². The van der Waals surface area contributed by atoms with E-state index in [1.54, 1.807) is 12.1 Å². The maximum Gasteiger partial charge on any atom is 0.264 e. The fourth-order valence-corrected chi connectivity index (χ4v) is 5.30. The minimum absolute atomic E-state index is 0.0667. The highest BCUT2D eigenvalue weighted by molar-refractivity contribution is 7.90. The van der Waals surface area contributed by atoms with Crippen molar-refractivity contribution < 1.29 is 17.9 Å². The van der Waals surface area contributed by atoms with Gasteiger partial charge in [-0.2, -0.15) is 0 Å². The van der Waals surface area contributed by atoms with Gasteiger partial charge in [0.05, 0.1) is 17.4 Å². The molecule has 0 spiro atoms. The van der Waals surface area contributed by atoms with Crippen LogP contribution in [0.3, 0.4) is 0 Å². The lowest BCUT2D eigenvalue weighted by Gasteiger charge is -2.18. The number of amides is 1. The standard InChI is InChI=1S/C27H23NO4S/c29-27(28-33(30,31)24-12-13-26-23(18-24)14-15-32-26)25(16-19-6-2-1-3-7-19)22-11-10-20-8-4-5-9-21(20)17-22/h1-13,17-18,25H,14-16H2,(H,28,29). The molecule has 0 saturated carbocycles. The fourth-order valence-electron chi connectivity index (χ4n) is 4.23. The Morgan fingerprint density at radius 1 is 0.879 bits per heavy atom. The summed E-state index contributed by atoms with van der Waals surface area (Å²) in [4.78, 5) is 13.5. The summed E-state index contributed by atoms with van der Waals surface area (Å²) in [5.74, 6) is -0.520. The Balaban J connectivity index is 1.48. The molecule has 1 atom stereocenters. The summed E-state index contributed by atoms with van der Waals surface area (Å²) in [6.45, 7) is 0.534. The lowest BCUT2D eigenvalue weighted by molar-refractivity contribution is -0.120. The Kier molecular flexibility index (Phi) is 5.60. The van der Waals surface area contributed by atoms with Crippen molar-refractivity contribution in [2.75, 3.05) is 6.61 Å². The Morgan fingerprint density at radius 2 is 1.64 bits per heavy atom. The average molecular weight is 458 g/mol. The summed E-state index contributed by atoms with van der Waals surface area (Å²) >= 11 is 0. The highest BCUT2D eigenvalue weighted by atomic mass is 32.2. The van der Waals surface area contributed by atoms with Crippen LogP contribution in [0.5, 0.6) is 5.75 Å². The van der Waals surface area contributed by atoms with Crippen LogP contribution < -0.4 is 9.46 Å². The first-order valence-corrected chi connectivity index (χ1v) is 12.3. The Hall–Kier alpha value is -3.64. The van der Waals surface area contributed by atoms with Gasteiger partial charge in [0.15, 0.2) is 0 Å². The van der Waals surface area contributed by atoms with Crippen molar-refractivity contribution in [2.45, 2.75) is 23.7 Å². The summed E-state index contributed by atoms with van der Waals surface area (Å²) in [6, 6.07) is 28.0. The molecule has 0 bridgehead atoms. The van der Waals surface area contributed by atoms with Crippen molar-refractivity contribution >= 4 is 26.7 Å². The Morgan fingerprint density at radius 3 is 2.45 bits per heavy atom. The summed E-state index contributed by atoms with van der Waals surface area (Å²) in [7, 11) is -4.02. The number of rotatable bonds is 6. The van der Waals surface area contributed by atoms with Gasteiger partial charge in [0.1, 0.15) is 5.75 Å². The first kappa shape index (κ1) is 21.2. The third-order valence-corrected chi connectivity index (χ3v) is 7.33. The lowest BCUT2D eigenvalue weighted by Crippen LogP contribution is -2.35. The van der Waals surface area contributed by atoms with Gasteiger partial charge in [0, 0.05) is 6.42 Å². The van der Waals surface area contributed by atoms with Crippen LogP contribution >= 0.6 is 0 Å². The van der Waals surface area contributed by atoms with E-state index >= 15 is 0 Å². The molecule has 0 fully saturated rings. The largest absolute Gasteiger partial charge is 0.493 e. The maximum atomic E-state index is 13.4. The van der Waals surface area contributed by atoms with Crippen LogP contribution in [-0.4, -0.2) is 20.9 Å². The molecule has 6 heteroatoms. The quantitative estimate of drug-likeness (QED) is 0.459. The molecule has 1 N–H and O–H groups in total. The summed E-state index contributed by atoms with van der Waals surface area (Å²) < 4.78 is 33.9. The van der Waals surface area contributed by atoms with Crippen molar-refractivity contribution in [3.63, 3.8) is 0 Å². The normalized spacial score (nSPS) is 13.8. The summed E-state index contributed by atoms with van der Waals surface area (Å²) in [6.07, 6.45) is 1.04. The molecule has 1 aliphatic heterocycles. The third kappa shape index (κ3) is 4.47. The van der Waals surface area contributed by atoms with E-state index in [1.165, 1.54) is 6.07 Å². The van der Waals surface area contributed by atoms with Gasteiger partial charge in [0.25, 0.3) is 10.0 Å². The molecule has 5 nitrogen and oxygen atoms in total. The second-order valence-electron chi connectivity index (χ2n) is 8.19. The van der Waals surface area contributed by atoms with Gasteiger partial charge < -0.3 is 4.74 Å². The van der Waals surface area contributed by atoms with Crippen molar-refractivity contribution in [1.29, 1.82) is 0 Å². The molecule has 0 saturated heterocycles. The number of nitrogens with one attached hydrogen (secondary N) is 1. The second-order valence-corrected chi connectivity index (χ2v) is 9.87. The van der Waals surface area contributed by atoms with E-state index in [2.05, 4.69) is 4.72 Å². The second kappa shape index (κ2) is 8.71. The molecule has 0 radical (unpaired) electrons. The van der Waals surface area contributed by atoms with Gasteiger partial charge in [-0.05, 0) is 52.1 Å². The van der Waals surface area contributed by atoms with Crippen LogP contribution in [0.25, 0.3) is 10.8 Å². The zero-order valence-electron chi connectivity index (χ0n) is 17.9. The molecule has 166 valence electrons. The molecule has 1 aliphatic rings. The zero-order chi connectivity index (χ0) is 22.8. The van der Waals surface area contributed by atoms with Gasteiger partial charge in [-0.15, -0.1) is 0 Å². The van der Waals surface area contributed by atoms with Gasteiger partial charge in [0.2, 0.25) is 5.91 Å². The van der Waals surface area contributed by atoms with Gasteiger partial charge >= 0.3 is 0 Å². The molecular weight excluding hydrogens is 434 g/mol. The number of benzene rings is 4. The summed E-state index contributed by atoms with van der Waals surface area (Å²) in [5.41, 5.74) is 2.56. The van der Waals surface area contributed by atoms with Crippen LogP contribution in [0, 0.1) is 0 Å². The van der Waals surface area contributed by atoms with E-state index in [0.717, 1.165) is 27.5 Å². The number of ether oxygens (including phenoxy) is 1. The smallest absolute Gasteiger partial charge is 0.264 e. The zero-order valence-corrected chi connectivity index (χ0v) is 18.7. The van der Waals surface area contributed by atoms with Crippen molar-refractivity contribution in [3.05, 3.63) is 108 Å². The number of hydrogen-bond acceptors (Lipinski definition) is 4. The molecule has 0 aliphatic carbocycles. The molecule has 4 aromatic rings. The van der Waals surface area contributed by atoms with E-state index in [9.17, 15) is 13.2 Å². The number of hydrogen-bond donors (Lipinski definition) is 1. The van der Waals surface area contributed by atoms with E-state index < -0.39 is 21.8 Å². The Labute approximate surface area is 193 Å². The molecule has 1 unspecified atom stereocenters. The maximum absolute atomic E-state index is 13.4. The highest BCUT2D eigenvalue weighted by Crippen LogP contribution is 2.29. The molecule has 33 heavy (non-hydrogen) atoms. The predicted octanol–water partition coefficient (Wildman–Crippen LogP) is 4.61. The fraction of sp³-hybridized carbons (Fsp3) is 0.148. The molecule has 4 aromatic carbocycles. The monoisotopic (exact) mass is 457 g/mol. The molecule has 5 rings (SSSR count). The lowest BCUT2D eigenvalue weighted by atomic mass is 9.90. The SMILES string of the molecule is O=C(NS(=O)(=O)c1ccc2c(c1)CCO2)C(Cc1ccccc1)c1ccc2ccccc2c1. The predicted molar refractivity (Wildman–Crippen MR) is 128 cm³/mol. The number of fused-ring (bicyclic) bond motifs is 2. The van der Waals surface area contributed by atoms with Gasteiger partial charge in [-0.1, -0.05) is 72.8 Å². The number of carbonyl (C=O) groups is 1. The average Bonchev–Trinajstić information content (AvgIpc) is 3.31. The highest BCUT2D eigenvalue weighted by Gasteiger charge is 2.27. The molecule has 1 amide bonds. The number of sulfonamides is 1. The van der Waals surface area contributed by atoms with Crippen molar-refractivity contribution in [2.24, 2.45) is 0 Å². The van der Waals surface area contributed by atoms with Crippen LogP contribution in [0.15, 0.2) is 95.9 Å². The summed E-state index contributed by atoms with van der Waals surface area (Å²) in [5, 5.41) is 2.07. The van der Waals surface area contributed by atoms with E-state index in [1.807, 2.05) is 72.8 Å². The van der Waals surface area contributed by atoms with E-state index in [-0.39, 0.29) is 4.90 Å². The minimum atomic E-state index is -4.02. The first-order chi connectivity index (χ1) is 16.0. The molecule has 0 aromatic heterocycles. The van der Waals surface area contributed by atoms with E-state index in [0.29, 0.717) is 25.2 Å². The van der Waals surface area contributed by atoms with Crippen molar-refractivity contribution in [3.8, 4) is 5.75 Å². The van der Waals surface area contributed by atoms with Crippen molar-refractivity contribution in [1.82, 2.24) is 4.72 Å². The molecular formula is C27H23NO4S. The van der Waals surface area contributed by atoms with Gasteiger partial charge in [-0.25, -0.2) is 13.1 Å². The molecule has 1 heterocycles. The van der Waals surface area contributed by atoms with Crippen LogP contribution in [0.4, 0.5) is 0 Å². The topological polar surface area (TPSA) is 72.5 Å². The Bertz CT molecular complexity index is 1430.